The van der Waals surface area contributed by atoms with Crippen molar-refractivity contribution in [1.82, 2.24) is 0 Å². The number of nitrogens with two attached hydrogens (primary N) is 1. The number of hydrogen-bond acceptors (Lipinski definition) is 6. The van der Waals surface area contributed by atoms with Crippen molar-refractivity contribution >= 4 is 27.3 Å². The lowest BCUT2D eigenvalue weighted by atomic mass is 10.2. The minimum absolute atomic E-state index is 0.0563. The molecule has 10 heteroatoms. The van der Waals surface area contributed by atoms with E-state index in [0.717, 1.165) is 12.1 Å². The third-order valence-electron chi connectivity index (χ3n) is 3.08. The molecule has 0 aliphatic heterocycles. The fraction of sp³-hybridized carbons (Fsp3) is 0.143. The van der Waals surface area contributed by atoms with Gasteiger partial charge in [0.15, 0.2) is 5.75 Å². The second kappa shape index (κ2) is 7.04. The molecule has 0 unspecified atom stereocenters. The summed E-state index contributed by atoms with van der Waals surface area (Å²) in [4.78, 5) is 10.0. The third-order valence-corrected chi connectivity index (χ3v) is 4.23. The zero-order valence-electron chi connectivity index (χ0n) is 12.4. The Morgan fingerprint density at radius 3 is 2.46 bits per heavy atom. The number of nitro groups is 1. The smallest absolute Gasteiger partial charge is 0.312 e. The first-order valence-electron chi connectivity index (χ1n) is 6.49. The van der Waals surface area contributed by atoms with Crippen molar-refractivity contribution in [3.05, 3.63) is 57.1 Å². The zero-order valence-corrected chi connectivity index (χ0v) is 14.0. The van der Waals surface area contributed by atoms with Crippen molar-refractivity contribution in [3.8, 4) is 11.5 Å². The maximum absolute atomic E-state index is 11.3. The summed E-state index contributed by atoms with van der Waals surface area (Å²) in [5.41, 5.74) is 0.0670. The molecular weight excluding hydrogens is 360 g/mol. The van der Waals surface area contributed by atoms with Crippen molar-refractivity contribution in [3.63, 3.8) is 0 Å². The largest absolute Gasteiger partial charge is 0.496 e. The average Bonchev–Trinajstić information content (AvgIpc) is 2.51. The first-order chi connectivity index (χ1) is 11.2. The Morgan fingerprint density at radius 2 is 1.88 bits per heavy atom. The van der Waals surface area contributed by atoms with Gasteiger partial charge in [-0.05, 0) is 30.3 Å². The van der Waals surface area contributed by atoms with Crippen LogP contribution in [0.25, 0.3) is 0 Å². The number of halogens is 1. The summed E-state index contributed by atoms with van der Waals surface area (Å²) in [5, 5.41) is 16.6. The molecule has 0 amide bonds. The van der Waals surface area contributed by atoms with E-state index in [1.165, 1.54) is 13.2 Å². The van der Waals surface area contributed by atoms with E-state index >= 15 is 0 Å². The summed E-state index contributed by atoms with van der Waals surface area (Å²) in [6.07, 6.45) is 0. The number of nitrogens with zero attached hydrogens (tertiary/aromatic N) is 1. The van der Waals surface area contributed by atoms with Gasteiger partial charge in [-0.25, -0.2) is 13.6 Å². The van der Waals surface area contributed by atoms with Crippen molar-refractivity contribution in [2.75, 3.05) is 7.11 Å². The molecule has 0 fully saturated rings. The van der Waals surface area contributed by atoms with Gasteiger partial charge in [-0.15, -0.1) is 0 Å². The molecule has 0 spiro atoms. The van der Waals surface area contributed by atoms with Gasteiger partial charge in [-0.2, -0.15) is 0 Å². The summed E-state index contributed by atoms with van der Waals surface area (Å²) in [5.74, 6) is 0.401. The standard InChI is InChI=1S/C14H13ClN2O6S/c1-22-13-4-2-10(15)6-9(13)8-23-14-5-3-11(24(16,20)21)7-12(14)17(18)19/h2-7H,8H2,1H3,(H2,16,20,21). The Hall–Kier alpha value is -2.36. The molecule has 0 saturated heterocycles. The van der Waals surface area contributed by atoms with Crippen molar-refractivity contribution in [2.45, 2.75) is 11.5 Å². The number of hydrogen-bond donors (Lipinski definition) is 1. The van der Waals surface area contributed by atoms with Crippen LogP contribution in [0.15, 0.2) is 41.3 Å². The fourth-order valence-electron chi connectivity index (χ4n) is 1.95. The van der Waals surface area contributed by atoms with E-state index in [9.17, 15) is 18.5 Å². The van der Waals surface area contributed by atoms with Crippen LogP contribution in [0.4, 0.5) is 5.69 Å². The molecular formula is C14H13ClN2O6S. The second-order valence-corrected chi connectivity index (χ2v) is 6.67. The highest BCUT2D eigenvalue weighted by atomic mass is 35.5. The molecule has 128 valence electrons. The molecule has 24 heavy (non-hydrogen) atoms. The SMILES string of the molecule is COc1ccc(Cl)cc1COc1ccc(S(N)(=O)=O)cc1[N+](=O)[O-]. The molecule has 0 aliphatic carbocycles. The zero-order chi connectivity index (χ0) is 17.9. The molecule has 2 N–H and O–H groups in total. The van der Waals surface area contributed by atoms with Gasteiger partial charge in [-0.1, -0.05) is 11.6 Å². The van der Waals surface area contributed by atoms with Gasteiger partial charge >= 0.3 is 5.69 Å². The Balaban J connectivity index is 2.33. The summed E-state index contributed by atoms with van der Waals surface area (Å²) in [6, 6.07) is 8.03. The van der Waals surface area contributed by atoms with Crippen molar-refractivity contribution in [1.29, 1.82) is 0 Å². The average molecular weight is 373 g/mol. The fourth-order valence-corrected chi connectivity index (χ4v) is 2.68. The summed E-state index contributed by atoms with van der Waals surface area (Å²) in [6.45, 7) is -0.0563. The Bertz CT molecular complexity index is 885. The summed E-state index contributed by atoms with van der Waals surface area (Å²) in [7, 11) is -2.59. The first-order valence-corrected chi connectivity index (χ1v) is 8.41. The Kier molecular flexibility index (Phi) is 5.27. The van der Waals surface area contributed by atoms with Crippen LogP contribution in [0.3, 0.4) is 0 Å². The van der Waals surface area contributed by atoms with Crippen LogP contribution in [-0.4, -0.2) is 20.5 Å². The number of ether oxygens (including phenoxy) is 2. The molecule has 0 heterocycles. The van der Waals surface area contributed by atoms with Crippen LogP contribution in [0.2, 0.25) is 5.02 Å². The van der Waals surface area contributed by atoms with Gasteiger partial charge in [0, 0.05) is 16.7 Å². The Labute approximate surface area is 143 Å². The number of rotatable bonds is 6. The lowest BCUT2D eigenvalue weighted by molar-refractivity contribution is -0.386. The lowest BCUT2D eigenvalue weighted by Gasteiger charge is -2.11. The topological polar surface area (TPSA) is 122 Å². The maximum atomic E-state index is 11.3. The second-order valence-electron chi connectivity index (χ2n) is 4.68. The summed E-state index contributed by atoms with van der Waals surface area (Å²) < 4.78 is 33.2. The van der Waals surface area contributed by atoms with E-state index in [4.69, 9.17) is 26.2 Å². The highest BCUT2D eigenvalue weighted by Crippen LogP contribution is 2.31. The van der Waals surface area contributed by atoms with Gasteiger partial charge in [0.25, 0.3) is 0 Å². The van der Waals surface area contributed by atoms with Crippen molar-refractivity contribution < 1.29 is 22.8 Å². The van der Waals surface area contributed by atoms with Gasteiger partial charge in [0.05, 0.1) is 16.9 Å². The number of benzene rings is 2. The molecule has 0 bridgehead atoms. The monoisotopic (exact) mass is 372 g/mol. The highest BCUT2D eigenvalue weighted by Gasteiger charge is 2.20. The number of nitro benzene ring substituents is 1. The maximum Gasteiger partial charge on any atom is 0.312 e. The van der Waals surface area contributed by atoms with Gasteiger partial charge in [0.2, 0.25) is 10.0 Å². The van der Waals surface area contributed by atoms with Crippen LogP contribution in [0, 0.1) is 10.1 Å². The molecule has 2 rings (SSSR count). The van der Waals surface area contributed by atoms with Crippen molar-refractivity contribution in [2.24, 2.45) is 5.14 Å². The lowest BCUT2D eigenvalue weighted by Crippen LogP contribution is -2.12. The molecule has 0 atom stereocenters. The molecule has 8 nitrogen and oxygen atoms in total. The molecule has 2 aromatic carbocycles. The predicted molar refractivity (Wildman–Crippen MR) is 86.8 cm³/mol. The van der Waals surface area contributed by atoms with Gasteiger partial charge in [0.1, 0.15) is 12.4 Å². The molecule has 0 saturated carbocycles. The minimum atomic E-state index is -4.06. The van der Waals surface area contributed by atoms with E-state index in [1.54, 1.807) is 18.2 Å². The molecule has 0 aromatic heterocycles. The van der Waals surface area contributed by atoms with E-state index in [0.29, 0.717) is 16.3 Å². The quantitative estimate of drug-likeness (QED) is 0.614. The minimum Gasteiger partial charge on any atom is -0.496 e. The predicted octanol–water partition coefficient (Wildman–Crippen LogP) is 2.48. The van der Waals surface area contributed by atoms with Crippen LogP contribution in [-0.2, 0) is 16.6 Å². The molecule has 0 aliphatic rings. The third kappa shape index (κ3) is 4.13. The van der Waals surface area contributed by atoms with Gasteiger partial charge in [-0.3, -0.25) is 10.1 Å². The first kappa shape index (κ1) is 18.0. The van der Waals surface area contributed by atoms with Crippen LogP contribution < -0.4 is 14.6 Å². The highest BCUT2D eigenvalue weighted by molar-refractivity contribution is 7.89. The van der Waals surface area contributed by atoms with E-state index in [1.807, 2.05) is 0 Å². The van der Waals surface area contributed by atoms with E-state index in [-0.39, 0.29) is 17.3 Å². The molecule has 0 radical (unpaired) electrons. The van der Waals surface area contributed by atoms with Crippen LogP contribution >= 0.6 is 11.6 Å². The number of sulfonamides is 1. The number of methoxy groups -OCH3 is 1. The van der Waals surface area contributed by atoms with Crippen LogP contribution in [0.1, 0.15) is 5.56 Å². The van der Waals surface area contributed by atoms with Gasteiger partial charge < -0.3 is 9.47 Å². The normalized spacial score (nSPS) is 11.1. The van der Waals surface area contributed by atoms with E-state index in [2.05, 4.69) is 0 Å². The molecule has 2 aromatic rings. The summed E-state index contributed by atoms with van der Waals surface area (Å²) >= 11 is 5.91. The van der Waals surface area contributed by atoms with E-state index < -0.39 is 20.6 Å². The number of primary sulfonamides is 1. The Morgan fingerprint density at radius 1 is 1.21 bits per heavy atom. The van der Waals surface area contributed by atoms with Crippen LogP contribution in [0.5, 0.6) is 11.5 Å².